The molecular weight excluding hydrogens is 212 g/mol. The number of benzene rings is 1. The fourth-order valence-corrected chi connectivity index (χ4v) is 2.65. The Bertz CT molecular complexity index is 324. The lowest BCUT2D eigenvalue weighted by Crippen LogP contribution is -2.29. The molecule has 94 valence electrons. The third-order valence-electron chi connectivity index (χ3n) is 3.76. The van der Waals surface area contributed by atoms with E-state index in [4.69, 9.17) is 5.73 Å². The number of aliphatic hydroxyl groups excluding tert-OH is 1. The minimum absolute atomic E-state index is 0.223. The maximum Gasteiger partial charge on any atom is 0.0474 e. The zero-order valence-electron chi connectivity index (χ0n) is 10.3. The van der Waals surface area contributed by atoms with Gasteiger partial charge in [0, 0.05) is 19.7 Å². The summed E-state index contributed by atoms with van der Waals surface area (Å²) < 4.78 is 0. The Morgan fingerprint density at radius 3 is 2.76 bits per heavy atom. The van der Waals surface area contributed by atoms with Crippen molar-refractivity contribution in [3.63, 3.8) is 0 Å². The lowest BCUT2D eigenvalue weighted by molar-refractivity contribution is 0.177. The zero-order valence-corrected chi connectivity index (χ0v) is 10.3. The van der Waals surface area contributed by atoms with E-state index in [0.717, 1.165) is 26.1 Å². The van der Waals surface area contributed by atoms with E-state index in [1.54, 1.807) is 0 Å². The van der Waals surface area contributed by atoms with E-state index in [9.17, 15) is 5.11 Å². The van der Waals surface area contributed by atoms with Gasteiger partial charge < -0.3 is 10.8 Å². The van der Waals surface area contributed by atoms with Gasteiger partial charge in [0.1, 0.15) is 0 Å². The van der Waals surface area contributed by atoms with Crippen molar-refractivity contribution in [3.05, 3.63) is 35.9 Å². The molecule has 2 unspecified atom stereocenters. The van der Waals surface area contributed by atoms with E-state index >= 15 is 0 Å². The Balaban J connectivity index is 1.86. The standard InChI is InChI=1S/C14H22N2O/c15-8-14(11-17)13-6-7-16(10-13)9-12-4-2-1-3-5-12/h1-5,13-14,17H,6-11,15H2. The van der Waals surface area contributed by atoms with E-state index in [0.29, 0.717) is 12.5 Å². The van der Waals surface area contributed by atoms with E-state index < -0.39 is 0 Å². The van der Waals surface area contributed by atoms with Gasteiger partial charge >= 0.3 is 0 Å². The second-order valence-electron chi connectivity index (χ2n) is 4.95. The van der Waals surface area contributed by atoms with Crippen molar-refractivity contribution >= 4 is 0 Å². The number of likely N-dealkylation sites (tertiary alicyclic amines) is 1. The molecule has 2 rings (SSSR count). The maximum atomic E-state index is 9.26. The van der Waals surface area contributed by atoms with E-state index in [1.165, 1.54) is 5.56 Å². The van der Waals surface area contributed by atoms with Crippen molar-refractivity contribution in [3.8, 4) is 0 Å². The minimum Gasteiger partial charge on any atom is -0.396 e. The number of aliphatic hydroxyl groups is 1. The quantitative estimate of drug-likeness (QED) is 0.801. The third-order valence-corrected chi connectivity index (χ3v) is 3.76. The normalized spacial score (nSPS) is 22.8. The topological polar surface area (TPSA) is 49.5 Å². The third kappa shape index (κ3) is 3.28. The zero-order chi connectivity index (χ0) is 12.1. The Hall–Kier alpha value is -0.900. The van der Waals surface area contributed by atoms with Crippen LogP contribution in [0.25, 0.3) is 0 Å². The largest absolute Gasteiger partial charge is 0.396 e. The molecule has 2 atom stereocenters. The van der Waals surface area contributed by atoms with Crippen molar-refractivity contribution in [1.29, 1.82) is 0 Å². The number of nitrogens with zero attached hydrogens (tertiary/aromatic N) is 1. The first-order valence-corrected chi connectivity index (χ1v) is 6.40. The van der Waals surface area contributed by atoms with Crippen LogP contribution in [0.15, 0.2) is 30.3 Å². The summed E-state index contributed by atoms with van der Waals surface area (Å²) in [5, 5.41) is 9.26. The summed E-state index contributed by atoms with van der Waals surface area (Å²) in [6.45, 7) is 4.02. The van der Waals surface area contributed by atoms with Gasteiger partial charge in [-0.15, -0.1) is 0 Å². The molecule has 1 aromatic rings. The molecule has 1 aromatic carbocycles. The number of nitrogens with two attached hydrogens (primary N) is 1. The molecule has 1 heterocycles. The first kappa shape index (κ1) is 12.6. The molecule has 0 spiro atoms. The maximum absolute atomic E-state index is 9.26. The first-order chi connectivity index (χ1) is 8.33. The highest BCUT2D eigenvalue weighted by Crippen LogP contribution is 2.24. The van der Waals surface area contributed by atoms with Crippen LogP contribution in [0, 0.1) is 11.8 Å². The predicted octanol–water partition coefficient (Wildman–Crippen LogP) is 1.08. The second-order valence-corrected chi connectivity index (χ2v) is 4.95. The molecule has 0 amide bonds. The van der Waals surface area contributed by atoms with Crippen LogP contribution in [0.2, 0.25) is 0 Å². The molecule has 1 aliphatic heterocycles. The van der Waals surface area contributed by atoms with E-state index in [2.05, 4.69) is 29.2 Å². The van der Waals surface area contributed by atoms with Crippen LogP contribution in [0.1, 0.15) is 12.0 Å². The second kappa shape index (κ2) is 6.15. The summed E-state index contributed by atoms with van der Waals surface area (Å²) in [4.78, 5) is 2.46. The summed E-state index contributed by atoms with van der Waals surface area (Å²) >= 11 is 0. The average Bonchev–Trinajstić information content (AvgIpc) is 2.81. The smallest absolute Gasteiger partial charge is 0.0474 e. The molecule has 17 heavy (non-hydrogen) atoms. The van der Waals surface area contributed by atoms with Gasteiger partial charge in [0.2, 0.25) is 0 Å². The van der Waals surface area contributed by atoms with Gasteiger partial charge in [-0.1, -0.05) is 30.3 Å². The molecule has 3 N–H and O–H groups in total. The van der Waals surface area contributed by atoms with Gasteiger partial charge in [-0.2, -0.15) is 0 Å². The van der Waals surface area contributed by atoms with Gasteiger partial charge in [0.25, 0.3) is 0 Å². The van der Waals surface area contributed by atoms with Crippen LogP contribution in [0.5, 0.6) is 0 Å². The van der Waals surface area contributed by atoms with Crippen LogP contribution >= 0.6 is 0 Å². The van der Waals surface area contributed by atoms with Crippen molar-refractivity contribution in [2.24, 2.45) is 17.6 Å². The molecule has 0 bridgehead atoms. The highest BCUT2D eigenvalue weighted by atomic mass is 16.3. The van der Waals surface area contributed by atoms with Gasteiger partial charge in [0.15, 0.2) is 0 Å². The molecule has 3 heteroatoms. The summed E-state index contributed by atoms with van der Waals surface area (Å²) in [6.07, 6.45) is 1.16. The van der Waals surface area contributed by atoms with Gasteiger partial charge in [-0.3, -0.25) is 4.90 Å². The van der Waals surface area contributed by atoms with Crippen LogP contribution in [-0.4, -0.2) is 36.2 Å². The minimum atomic E-state index is 0.223. The van der Waals surface area contributed by atoms with Crippen LogP contribution in [-0.2, 0) is 6.54 Å². The van der Waals surface area contributed by atoms with Crippen LogP contribution in [0.4, 0.5) is 0 Å². The molecule has 1 aliphatic rings. The highest BCUT2D eigenvalue weighted by Gasteiger charge is 2.28. The SMILES string of the molecule is NCC(CO)C1CCN(Cc2ccccc2)C1. The monoisotopic (exact) mass is 234 g/mol. The van der Waals surface area contributed by atoms with Gasteiger partial charge in [-0.05, 0) is 36.9 Å². The van der Waals surface area contributed by atoms with E-state index in [-0.39, 0.29) is 12.5 Å². The molecule has 0 aliphatic carbocycles. The van der Waals surface area contributed by atoms with Crippen molar-refractivity contribution < 1.29 is 5.11 Å². The Kier molecular flexibility index (Phi) is 4.54. The van der Waals surface area contributed by atoms with Crippen LogP contribution in [0.3, 0.4) is 0 Å². The number of hydrogen-bond donors (Lipinski definition) is 2. The molecule has 1 saturated heterocycles. The molecule has 0 saturated carbocycles. The Morgan fingerprint density at radius 1 is 1.35 bits per heavy atom. The summed E-state index contributed by atoms with van der Waals surface area (Å²) in [6, 6.07) is 10.5. The Labute approximate surface area is 103 Å². The predicted molar refractivity (Wildman–Crippen MR) is 69.5 cm³/mol. The van der Waals surface area contributed by atoms with E-state index in [1.807, 2.05) is 6.07 Å². The first-order valence-electron chi connectivity index (χ1n) is 6.40. The molecule has 0 aromatic heterocycles. The fourth-order valence-electron chi connectivity index (χ4n) is 2.65. The van der Waals surface area contributed by atoms with Crippen molar-refractivity contribution in [1.82, 2.24) is 4.90 Å². The summed E-state index contributed by atoms with van der Waals surface area (Å²) in [7, 11) is 0. The van der Waals surface area contributed by atoms with Crippen LogP contribution < -0.4 is 5.73 Å². The van der Waals surface area contributed by atoms with Gasteiger partial charge in [-0.25, -0.2) is 0 Å². The Morgan fingerprint density at radius 2 is 2.12 bits per heavy atom. The van der Waals surface area contributed by atoms with Crippen molar-refractivity contribution in [2.75, 3.05) is 26.2 Å². The molecule has 3 nitrogen and oxygen atoms in total. The van der Waals surface area contributed by atoms with Gasteiger partial charge in [0.05, 0.1) is 0 Å². The molecule has 0 radical (unpaired) electrons. The summed E-state index contributed by atoms with van der Waals surface area (Å²) in [5.41, 5.74) is 7.05. The molecular formula is C14H22N2O. The lowest BCUT2D eigenvalue weighted by Gasteiger charge is -2.20. The highest BCUT2D eigenvalue weighted by molar-refractivity contribution is 5.14. The number of rotatable bonds is 5. The number of hydrogen-bond acceptors (Lipinski definition) is 3. The summed E-state index contributed by atoms with van der Waals surface area (Å²) in [5.74, 6) is 0.837. The average molecular weight is 234 g/mol. The lowest BCUT2D eigenvalue weighted by atomic mass is 9.92. The molecule has 1 fully saturated rings. The fraction of sp³-hybridized carbons (Fsp3) is 0.571. The van der Waals surface area contributed by atoms with Crippen molar-refractivity contribution in [2.45, 2.75) is 13.0 Å².